The summed E-state index contributed by atoms with van der Waals surface area (Å²) in [6, 6.07) is 0. The molecule has 2 rings (SSSR count). The summed E-state index contributed by atoms with van der Waals surface area (Å²) < 4.78 is 17.4. The third-order valence-electron chi connectivity index (χ3n) is 7.13. The molecule has 6 nitrogen and oxygen atoms in total. The van der Waals surface area contributed by atoms with Crippen molar-refractivity contribution in [2.45, 2.75) is 86.0 Å². The summed E-state index contributed by atoms with van der Waals surface area (Å²) in [7, 11) is 3.18. The van der Waals surface area contributed by atoms with Crippen molar-refractivity contribution in [3.05, 3.63) is 45.5 Å². The first-order valence-electron chi connectivity index (χ1n) is 12.6. The molecular weight excluding hydrogens is 474 g/mol. The number of Topliss-reactive ketones (excluding diaryl/α,β-unsaturated/α-hetero) is 1. The minimum absolute atomic E-state index is 0.00366. The number of thiazole rings is 1. The Kier molecular flexibility index (Phi) is 11.3. The smallest absolute Gasteiger partial charge is 0.309 e. The number of nitrogens with zero attached hydrogens (tertiary/aromatic N) is 1. The summed E-state index contributed by atoms with van der Waals surface area (Å²) in [5.41, 5.74) is 2.06. The van der Waals surface area contributed by atoms with Crippen molar-refractivity contribution in [2.24, 2.45) is 17.3 Å². The summed E-state index contributed by atoms with van der Waals surface area (Å²) in [4.78, 5) is 31.3. The van der Waals surface area contributed by atoms with Crippen molar-refractivity contribution in [3.8, 4) is 0 Å². The summed E-state index contributed by atoms with van der Waals surface area (Å²) >= 11 is 1.59. The van der Waals surface area contributed by atoms with Crippen LogP contribution in [0, 0.1) is 24.2 Å². The summed E-state index contributed by atoms with van der Waals surface area (Å²) in [5.74, 6) is -0.709. The number of allylic oxidation sites excluding steroid dienone is 2. The number of ether oxygens (including phenoxy) is 3. The van der Waals surface area contributed by atoms with E-state index in [9.17, 15) is 9.59 Å². The topological polar surface area (TPSA) is 74.7 Å². The number of carbonyl (C=O) groups excluding carboxylic acids is 2. The molecule has 1 aliphatic rings. The molecule has 1 aromatic rings. The van der Waals surface area contributed by atoms with Gasteiger partial charge in [-0.2, -0.15) is 0 Å². The van der Waals surface area contributed by atoms with Gasteiger partial charge in [-0.1, -0.05) is 51.5 Å². The molecule has 2 heterocycles. The molecule has 0 aromatic carbocycles. The predicted octanol–water partition coefficient (Wildman–Crippen LogP) is 6.35. The highest BCUT2D eigenvalue weighted by atomic mass is 32.1. The van der Waals surface area contributed by atoms with Crippen LogP contribution in [0.25, 0.3) is 6.08 Å². The molecule has 1 aromatic heterocycles. The van der Waals surface area contributed by atoms with Crippen molar-refractivity contribution in [3.63, 3.8) is 0 Å². The quantitative estimate of drug-likeness (QED) is 0.342. The Balaban J connectivity index is 2.44. The zero-order valence-corrected chi connectivity index (χ0v) is 24.1. The molecule has 0 spiro atoms. The molecular formula is C29H43NO5S. The Morgan fingerprint density at radius 1 is 1.19 bits per heavy atom. The van der Waals surface area contributed by atoms with E-state index in [-0.39, 0.29) is 30.1 Å². The van der Waals surface area contributed by atoms with Gasteiger partial charge in [0.05, 0.1) is 34.7 Å². The largest absolute Gasteiger partial charge is 0.457 e. The molecule has 0 radical (unpaired) electrons. The van der Waals surface area contributed by atoms with Gasteiger partial charge < -0.3 is 14.2 Å². The number of hydrogen-bond donors (Lipinski definition) is 0. The fraction of sp³-hybridized carbons (Fsp3) is 0.621. The lowest BCUT2D eigenvalue weighted by Crippen LogP contribution is -2.46. The van der Waals surface area contributed by atoms with Gasteiger partial charge in [-0.3, -0.25) is 9.59 Å². The third kappa shape index (κ3) is 7.95. The predicted molar refractivity (Wildman–Crippen MR) is 146 cm³/mol. The highest BCUT2D eigenvalue weighted by Crippen LogP contribution is 2.34. The molecule has 0 saturated heterocycles. The van der Waals surface area contributed by atoms with E-state index >= 15 is 0 Å². The van der Waals surface area contributed by atoms with Crippen molar-refractivity contribution in [1.29, 1.82) is 0 Å². The lowest BCUT2D eigenvalue weighted by molar-refractivity contribution is -0.156. The maximum Gasteiger partial charge on any atom is 0.309 e. The SMILES string of the molecule is COC1CC(=O)O[C@H](/C(C)=C/c2csc(C)n2)C/C=C(/C)C/C=C/[C@H](C)[C@H](OC)[C@@H](C)C(=O)C1(C)C. The van der Waals surface area contributed by atoms with Crippen molar-refractivity contribution >= 4 is 29.2 Å². The van der Waals surface area contributed by atoms with Crippen LogP contribution in [0.1, 0.15) is 71.5 Å². The average molecular weight is 518 g/mol. The summed E-state index contributed by atoms with van der Waals surface area (Å²) in [5, 5.41) is 2.98. The minimum atomic E-state index is -0.903. The van der Waals surface area contributed by atoms with Gasteiger partial charge in [-0.15, -0.1) is 11.3 Å². The Bertz CT molecular complexity index is 990. The van der Waals surface area contributed by atoms with Crippen molar-refractivity contribution in [1.82, 2.24) is 4.98 Å². The fourth-order valence-corrected chi connectivity index (χ4v) is 5.40. The van der Waals surface area contributed by atoms with Crippen LogP contribution in [-0.2, 0) is 23.8 Å². The number of aryl methyl sites for hydroxylation is 1. The molecule has 200 valence electrons. The molecule has 0 N–H and O–H groups in total. The Morgan fingerprint density at radius 2 is 1.89 bits per heavy atom. The van der Waals surface area contributed by atoms with Crippen LogP contribution in [0.5, 0.6) is 0 Å². The van der Waals surface area contributed by atoms with E-state index in [2.05, 4.69) is 37.1 Å². The van der Waals surface area contributed by atoms with E-state index in [0.717, 1.165) is 22.7 Å². The minimum Gasteiger partial charge on any atom is -0.457 e. The summed E-state index contributed by atoms with van der Waals surface area (Å²) in [6.07, 6.45) is 8.32. The van der Waals surface area contributed by atoms with Gasteiger partial charge in [0, 0.05) is 37.9 Å². The van der Waals surface area contributed by atoms with Crippen LogP contribution in [-0.4, -0.2) is 49.3 Å². The van der Waals surface area contributed by atoms with E-state index in [1.807, 2.05) is 46.1 Å². The maximum atomic E-state index is 13.6. The van der Waals surface area contributed by atoms with Crippen LogP contribution in [0.4, 0.5) is 0 Å². The second kappa shape index (κ2) is 13.5. The molecule has 0 aliphatic carbocycles. The Labute approximate surface area is 220 Å². The maximum absolute atomic E-state index is 13.6. The standard InChI is InChI=1S/C29H43NO5S/c1-18-11-10-12-19(2)27(34-9)21(4)28(32)29(6,7)25(33-8)16-26(31)35-24(14-13-18)20(3)15-23-17-36-22(5)30-23/h10,12-13,15,17,19,21,24-25,27H,11,14,16H2,1-9H3/b12-10+,18-13-,20-15+/t19-,21+,24-,25?,27-/m0/s1. The van der Waals surface area contributed by atoms with Crippen molar-refractivity contribution in [2.75, 3.05) is 14.2 Å². The molecule has 1 aliphatic heterocycles. The monoisotopic (exact) mass is 517 g/mol. The van der Waals surface area contributed by atoms with E-state index in [0.29, 0.717) is 6.42 Å². The molecule has 1 unspecified atom stereocenters. The van der Waals surface area contributed by atoms with E-state index in [1.165, 1.54) is 12.7 Å². The molecule has 7 heteroatoms. The van der Waals surface area contributed by atoms with E-state index < -0.39 is 23.6 Å². The first-order valence-corrected chi connectivity index (χ1v) is 13.5. The third-order valence-corrected chi connectivity index (χ3v) is 7.92. The number of esters is 1. The number of aromatic nitrogens is 1. The zero-order chi connectivity index (χ0) is 27.0. The normalized spacial score (nSPS) is 31.4. The Morgan fingerprint density at radius 3 is 2.47 bits per heavy atom. The first kappa shape index (κ1) is 30.1. The van der Waals surface area contributed by atoms with Gasteiger partial charge in [0.1, 0.15) is 11.9 Å². The molecule has 0 amide bonds. The highest BCUT2D eigenvalue weighted by Gasteiger charge is 2.43. The number of methoxy groups -OCH3 is 2. The second-order valence-electron chi connectivity index (χ2n) is 10.4. The first-order chi connectivity index (χ1) is 16.9. The van der Waals surface area contributed by atoms with Gasteiger partial charge in [0.15, 0.2) is 0 Å². The van der Waals surface area contributed by atoms with Crippen molar-refractivity contribution < 1.29 is 23.8 Å². The van der Waals surface area contributed by atoms with Crippen LogP contribution in [0.15, 0.2) is 34.8 Å². The van der Waals surface area contributed by atoms with Crippen LogP contribution in [0.2, 0.25) is 0 Å². The highest BCUT2D eigenvalue weighted by molar-refractivity contribution is 7.09. The number of ketones is 1. The van der Waals surface area contributed by atoms with Gasteiger partial charge in [0.25, 0.3) is 0 Å². The number of rotatable bonds is 4. The number of hydrogen-bond acceptors (Lipinski definition) is 7. The summed E-state index contributed by atoms with van der Waals surface area (Å²) in [6.45, 7) is 13.6. The van der Waals surface area contributed by atoms with Gasteiger partial charge in [-0.05, 0) is 38.8 Å². The second-order valence-corrected chi connectivity index (χ2v) is 11.5. The number of carbonyl (C=O) groups is 2. The molecule has 0 bridgehead atoms. The fourth-order valence-electron chi connectivity index (χ4n) is 4.83. The zero-order valence-electron chi connectivity index (χ0n) is 23.3. The van der Waals surface area contributed by atoms with Crippen LogP contribution < -0.4 is 0 Å². The lowest BCUT2D eigenvalue weighted by Gasteiger charge is -2.36. The van der Waals surface area contributed by atoms with Crippen LogP contribution in [0.3, 0.4) is 0 Å². The number of cyclic esters (lactones) is 1. The molecule has 36 heavy (non-hydrogen) atoms. The van der Waals surface area contributed by atoms with E-state index in [1.54, 1.807) is 18.4 Å². The average Bonchev–Trinajstić information content (AvgIpc) is 3.23. The Hall–Kier alpha value is -2.09. The van der Waals surface area contributed by atoms with Crippen LogP contribution >= 0.6 is 11.3 Å². The van der Waals surface area contributed by atoms with Gasteiger partial charge >= 0.3 is 5.97 Å². The molecule has 5 atom stereocenters. The van der Waals surface area contributed by atoms with Gasteiger partial charge in [-0.25, -0.2) is 4.98 Å². The molecule has 0 saturated carbocycles. The van der Waals surface area contributed by atoms with E-state index in [4.69, 9.17) is 14.2 Å². The lowest BCUT2D eigenvalue weighted by atomic mass is 9.73. The van der Waals surface area contributed by atoms with Gasteiger partial charge in [0.2, 0.25) is 0 Å². The molecule has 0 fully saturated rings.